The number of fused-ring (bicyclic) bond motifs is 1. The van der Waals surface area contributed by atoms with Crippen molar-refractivity contribution < 1.29 is 17.9 Å². The van der Waals surface area contributed by atoms with Crippen LogP contribution in [0.25, 0.3) is 0 Å². The normalized spacial score (nSPS) is 25.8. The van der Waals surface area contributed by atoms with Gasteiger partial charge in [0, 0.05) is 25.1 Å². The Labute approximate surface area is 156 Å². The average molecular weight is 381 g/mol. The lowest BCUT2D eigenvalue weighted by atomic mass is 9.88. The minimum Gasteiger partial charge on any atom is -0.487 e. The predicted octanol–water partition coefficient (Wildman–Crippen LogP) is 2.39. The van der Waals surface area contributed by atoms with E-state index in [1.165, 1.54) is 10.6 Å². The van der Waals surface area contributed by atoms with Crippen molar-refractivity contribution in [2.45, 2.75) is 51.7 Å². The zero-order chi connectivity index (χ0) is 19.1. The van der Waals surface area contributed by atoms with Gasteiger partial charge in [0.1, 0.15) is 11.4 Å². The van der Waals surface area contributed by atoms with Gasteiger partial charge in [-0.25, -0.2) is 12.7 Å². The maximum Gasteiger partial charge on any atom is 0.224 e. The summed E-state index contributed by atoms with van der Waals surface area (Å²) in [7, 11) is -3.26. The Hall–Kier alpha value is -1.60. The summed E-state index contributed by atoms with van der Waals surface area (Å²) in [5, 5.41) is 3.15. The topological polar surface area (TPSA) is 75.7 Å². The van der Waals surface area contributed by atoms with E-state index >= 15 is 0 Å². The summed E-state index contributed by atoms with van der Waals surface area (Å²) in [5.41, 5.74) is 1.73. The zero-order valence-electron chi connectivity index (χ0n) is 15.9. The number of rotatable bonds is 3. The molecule has 1 saturated heterocycles. The molecule has 2 heterocycles. The number of ether oxygens (including phenoxy) is 1. The van der Waals surface area contributed by atoms with Crippen LogP contribution in [0.15, 0.2) is 18.2 Å². The van der Waals surface area contributed by atoms with Gasteiger partial charge >= 0.3 is 0 Å². The molecule has 1 N–H and O–H groups in total. The van der Waals surface area contributed by atoms with E-state index in [4.69, 9.17) is 4.74 Å². The number of aryl methyl sites for hydroxylation is 1. The highest BCUT2D eigenvalue weighted by atomic mass is 32.2. The SMILES string of the molecule is Cc1ccc2c(c1)OC(C)(C)C[C@H]2NC(=O)[C@H]1CCCN(S(C)(=O)=O)C1. The van der Waals surface area contributed by atoms with Crippen molar-refractivity contribution in [1.82, 2.24) is 9.62 Å². The van der Waals surface area contributed by atoms with Crippen molar-refractivity contribution in [3.8, 4) is 5.75 Å². The van der Waals surface area contributed by atoms with Crippen LogP contribution in [-0.4, -0.2) is 43.6 Å². The number of carbonyl (C=O) groups is 1. The molecule has 1 aromatic carbocycles. The summed E-state index contributed by atoms with van der Waals surface area (Å²) >= 11 is 0. The van der Waals surface area contributed by atoms with Gasteiger partial charge < -0.3 is 10.1 Å². The van der Waals surface area contributed by atoms with Gasteiger partial charge in [0.15, 0.2) is 0 Å². The molecule has 2 atom stereocenters. The molecule has 1 amide bonds. The van der Waals surface area contributed by atoms with Crippen molar-refractivity contribution in [2.75, 3.05) is 19.3 Å². The van der Waals surface area contributed by atoms with Crippen LogP contribution in [-0.2, 0) is 14.8 Å². The van der Waals surface area contributed by atoms with E-state index in [1.807, 2.05) is 39.0 Å². The van der Waals surface area contributed by atoms with Crippen LogP contribution in [0.4, 0.5) is 0 Å². The summed E-state index contributed by atoms with van der Waals surface area (Å²) < 4.78 is 31.1. The van der Waals surface area contributed by atoms with Crippen LogP contribution in [0.5, 0.6) is 5.75 Å². The number of benzene rings is 1. The number of sulfonamides is 1. The van der Waals surface area contributed by atoms with E-state index in [1.54, 1.807) is 0 Å². The predicted molar refractivity (Wildman–Crippen MR) is 101 cm³/mol. The monoisotopic (exact) mass is 380 g/mol. The Morgan fingerprint density at radius 2 is 2.08 bits per heavy atom. The van der Waals surface area contributed by atoms with Crippen LogP contribution in [0, 0.1) is 12.8 Å². The quantitative estimate of drug-likeness (QED) is 0.874. The third-order valence-corrected chi connectivity index (χ3v) is 6.44. The maximum atomic E-state index is 12.9. The van der Waals surface area contributed by atoms with Crippen LogP contribution in [0.1, 0.15) is 50.3 Å². The van der Waals surface area contributed by atoms with Crippen molar-refractivity contribution in [3.63, 3.8) is 0 Å². The van der Waals surface area contributed by atoms with Gasteiger partial charge in [0.05, 0.1) is 18.2 Å². The highest BCUT2D eigenvalue weighted by Crippen LogP contribution is 2.40. The Kier molecular flexibility index (Phi) is 5.05. The van der Waals surface area contributed by atoms with Crippen molar-refractivity contribution in [2.24, 2.45) is 5.92 Å². The molecule has 2 aliphatic rings. The molecule has 0 aliphatic carbocycles. The number of carbonyl (C=O) groups excluding carboxylic acids is 1. The second-order valence-electron chi connectivity index (χ2n) is 8.13. The summed E-state index contributed by atoms with van der Waals surface area (Å²) in [4.78, 5) is 12.9. The number of amides is 1. The van der Waals surface area contributed by atoms with E-state index in [0.29, 0.717) is 25.8 Å². The first kappa shape index (κ1) is 19.2. The Morgan fingerprint density at radius 3 is 2.77 bits per heavy atom. The molecule has 2 aliphatic heterocycles. The summed E-state index contributed by atoms with van der Waals surface area (Å²) in [6, 6.07) is 5.90. The van der Waals surface area contributed by atoms with Gasteiger partial charge in [-0.1, -0.05) is 12.1 Å². The standard InChI is InChI=1S/C19H28N2O4S/c1-13-7-8-15-16(11-19(2,3)25-17(15)10-13)20-18(22)14-6-5-9-21(12-14)26(4,23)24/h7-8,10,14,16H,5-6,9,11-12H2,1-4H3,(H,20,22)/t14-,16+/m0/s1. The van der Waals surface area contributed by atoms with Gasteiger partial charge in [0.2, 0.25) is 15.9 Å². The fourth-order valence-corrected chi connectivity index (χ4v) is 4.75. The Bertz CT molecular complexity index is 804. The number of hydrogen-bond acceptors (Lipinski definition) is 4. The second-order valence-corrected chi connectivity index (χ2v) is 10.1. The van der Waals surface area contributed by atoms with Crippen LogP contribution in [0.3, 0.4) is 0 Å². The lowest BCUT2D eigenvalue weighted by Crippen LogP contribution is -2.47. The van der Waals surface area contributed by atoms with Gasteiger partial charge in [-0.2, -0.15) is 0 Å². The van der Waals surface area contributed by atoms with Gasteiger partial charge in [-0.05, 0) is 45.2 Å². The maximum absolute atomic E-state index is 12.9. The van der Waals surface area contributed by atoms with Gasteiger partial charge in [-0.15, -0.1) is 0 Å². The molecular weight excluding hydrogens is 352 g/mol. The van der Waals surface area contributed by atoms with Crippen LogP contribution >= 0.6 is 0 Å². The van der Waals surface area contributed by atoms with E-state index in [2.05, 4.69) is 5.32 Å². The summed E-state index contributed by atoms with van der Waals surface area (Å²) in [6.45, 7) is 6.81. The average Bonchev–Trinajstić information content (AvgIpc) is 2.52. The smallest absolute Gasteiger partial charge is 0.224 e. The van der Waals surface area contributed by atoms with E-state index in [9.17, 15) is 13.2 Å². The Balaban J connectivity index is 1.77. The van der Waals surface area contributed by atoms with E-state index < -0.39 is 10.0 Å². The first-order valence-electron chi connectivity index (χ1n) is 9.10. The van der Waals surface area contributed by atoms with Gasteiger partial charge in [0.25, 0.3) is 0 Å². The largest absolute Gasteiger partial charge is 0.487 e. The van der Waals surface area contributed by atoms with Crippen molar-refractivity contribution in [3.05, 3.63) is 29.3 Å². The summed E-state index contributed by atoms with van der Waals surface area (Å²) in [5.74, 6) is 0.430. The van der Waals surface area contributed by atoms with E-state index in [0.717, 1.165) is 16.9 Å². The minimum absolute atomic E-state index is 0.0763. The second kappa shape index (κ2) is 6.85. The molecule has 0 saturated carbocycles. The molecule has 0 spiro atoms. The molecule has 144 valence electrons. The number of piperidine rings is 1. The zero-order valence-corrected chi connectivity index (χ0v) is 16.7. The van der Waals surface area contributed by atoms with Crippen LogP contribution < -0.4 is 10.1 Å². The molecule has 0 unspecified atom stereocenters. The lowest BCUT2D eigenvalue weighted by Gasteiger charge is -2.39. The minimum atomic E-state index is -3.26. The van der Waals surface area contributed by atoms with Crippen molar-refractivity contribution >= 4 is 15.9 Å². The molecule has 3 rings (SSSR count). The van der Waals surface area contributed by atoms with Gasteiger partial charge in [-0.3, -0.25) is 4.79 Å². The molecule has 6 nitrogen and oxygen atoms in total. The molecule has 26 heavy (non-hydrogen) atoms. The first-order chi connectivity index (χ1) is 12.0. The molecule has 7 heteroatoms. The third-order valence-electron chi connectivity index (χ3n) is 5.17. The molecular formula is C19H28N2O4S. The first-order valence-corrected chi connectivity index (χ1v) is 10.9. The molecule has 0 bridgehead atoms. The fourth-order valence-electron chi connectivity index (χ4n) is 3.83. The van der Waals surface area contributed by atoms with Crippen molar-refractivity contribution in [1.29, 1.82) is 0 Å². The highest BCUT2D eigenvalue weighted by molar-refractivity contribution is 7.88. The number of nitrogens with one attached hydrogen (secondary N) is 1. The van der Waals surface area contributed by atoms with E-state index in [-0.39, 0.29) is 30.0 Å². The van der Waals surface area contributed by atoms with Crippen LogP contribution in [0.2, 0.25) is 0 Å². The highest BCUT2D eigenvalue weighted by Gasteiger charge is 2.37. The molecule has 1 aromatic rings. The number of nitrogens with zero attached hydrogens (tertiary/aromatic N) is 1. The fraction of sp³-hybridized carbons (Fsp3) is 0.632. The summed E-state index contributed by atoms with van der Waals surface area (Å²) in [6.07, 6.45) is 3.30. The molecule has 0 aromatic heterocycles. The lowest BCUT2D eigenvalue weighted by molar-refractivity contribution is -0.127. The molecule has 0 radical (unpaired) electrons. The third kappa shape index (κ3) is 4.20. The molecule has 1 fully saturated rings. The Morgan fingerprint density at radius 1 is 1.35 bits per heavy atom. The number of hydrogen-bond donors (Lipinski definition) is 1.